The molecule has 2 rings (SSSR count). The topological polar surface area (TPSA) is 72.5 Å². The average molecular weight is 380 g/mol. The van der Waals surface area contributed by atoms with Gasteiger partial charge in [-0.2, -0.15) is 0 Å². The molecule has 1 amide bonds. The van der Waals surface area contributed by atoms with Gasteiger partial charge in [-0.25, -0.2) is 12.8 Å². The first-order chi connectivity index (χ1) is 9.77. The van der Waals surface area contributed by atoms with E-state index in [4.69, 9.17) is 4.74 Å². The minimum atomic E-state index is -3.04. The van der Waals surface area contributed by atoms with Crippen molar-refractivity contribution in [1.29, 1.82) is 0 Å². The lowest BCUT2D eigenvalue weighted by Gasteiger charge is -2.18. The molecule has 2 atom stereocenters. The van der Waals surface area contributed by atoms with Gasteiger partial charge in [0.15, 0.2) is 15.9 Å². The second-order valence-electron chi connectivity index (χ2n) is 4.94. The standard InChI is InChI=1S/C13H15BrFNO4S/c1-8(20-12-3-2-9(15)6-11(12)14)13(17)16-10-4-5-21(18,19)7-10/h2-3,6,8,10H,4-5,7H2,1H3,(H,16,17)/t8-,10+/m0/s1. The Balaban J connectivity index is 1.94. The number of carbonyl (C=O) groups is 1. The lowest BCUT2D eigenvalue weighted by atomic mass is 10.2. The average Bonchev–Trinajstić information content (AvgIpc) is 2.72. The molecule has 0 unspecified atom stereocenters. The van der Waals surface area contributed by atoms with Crippen LogP contribution in [0.15, 0.2) is 22.7 Å². The fourth-order valence-electron chi connectivity index (χ4n) is 2.04. The van der Waals surface area contributed by atoms with Gasteiger partial charge in [0.05, 0.1) is 16.0 Å². The summed E-state index contributed by atoms with van der Waals surface area (Å²) < 4.78 is 41.5. The number of halogens is 2. The summed E-state index contributed by atoms with van der Waals surface area (Å²) in [6.45, 7) is 1.55. The Bertz CT molecular complexity index is 650. The number of carbonyl (C=O) groups excluding carboxylic acids is 1. The monoisotopic (exact) mass is 379 g/mol. The third-order valence-electron chi connectivity index (χ3n) is 3.15. The summed E-state index contributed by atoms with van der Waals surface area (Å²) in [5.41, 5.74) is 0. The van der Waals surface area contributed by atoms with Crippen LogP contribution in [0.1, 0.15) is 13.3 Å². The number of hydrogen-bond acceptors (Lipinski definition) is 4. The number of ether oxygens (including phenoxy) is 1. The second-order valence-corrected chi connectivity index (χ2v) is 8.03. The molecule has 1 heterocycles. The molecule has 1 aromatic rings. The van der Waals surface area contributed by atoms with Crippen LogP contribution in [-0.2, 0) is 14.6 Å². The van der Waals surface area contributed by atoms with E-state index in [1.165, 1.54) is 18.2 Å². The predicted octanol–water partition coefficient (Wildman–Crippen LogP) is 1.66. The van der Waals surface area contributed by atoms with Crippen molar-refractivity contribution >= 4 is 31.7 Å². The molecule has 0 saturated carbocycles. The second kappa shape index (κ2) is 6.31. The molecule has 116 valence electrons. The maximum atomic E-state index is 13.0. The van der Waals surface area contributed by atoms with E-state index >= 15 is 0 Å². The molecular weight excluding hydrogens is 365 g/mol. The highest BCUT2D eigenvalue weighted by Gasteiger charge is 2.30. The van der Waals surface area contributed by atoms with Gasteiger partial charge in [0.2, 0.25) is 0 Å². The minimum Gasteiger partial charge on any atom is -0.480 e. The van der Waals surface area contributed by atoms with Crippen LogP contribution in [0.3, 0.4) is 0 Å². The zero-order valence-electron chi connectivity index (χ0n) is 11.3. The van der Waals surface area contributed by atoms with E-state index in [-0.39, 0.29) is 17.5 Å². The number of hydrogen-bond donors (Lipinski definition) is 1. The molecule has 1 N–H and O–H groups in total. The van der Waals surface area contributed by atoms with Gasteiger partial charge in [-0.15, -0.1) is 0 Å². The van der Waals surface area contributed by atoms with Crippen molar-refractivity contribution in [3.8, 4) is 5.75 Å². The lowest BCUT2D eigenvalue weighted by molar-refractivity contribution is -0.127. The number of sulfone groups is 1. The minimum absolute atomic E-state index is 0.0360. The van der Waals surface area contributed by atoms with Crippen molar-refractivity contribution in [2.45, 2.75) is 25.5 Å². The molecule has 5 nitrogen and oxygen atoms in total. The zero-order chi connectivity index (χ0) is 15.6. The zero-order valence-corrected chi connectivity index (χ0v) is 13.7. The molecule has 0 aliphatic carbocycles. The van der Waals surface area contributed by atoms with Gasteiger partial charge in [-0.05, 0) is 47.5 Å². The van der Waals surface area contributed by atoms with Gasteiger partial charge in [-0.1, -0.05) is 0 Å². The molecule has 0 radical (unpaired) electrons. The van der Waals surface area contributed by atoms with Crippen molar-refractivity contribution in [3.63, 3.8) is 0 Å². The van der Waals surface area contributed by atoms with E-state index in [0.717, 1.165) is 0 Å². The summed E-state index contributed by atoms with van der Waals surface area (Å²) in [6, 6.07) is 3.52. The molecule has 1 aromatic carbocycles. The van der Waals surface area contributed by atoms with Crippen molar-refractivity contribution in [2.75, 3.05) is 11.5 Å². The van der Waals surface area contributed by atoms with Gasteiger partial charge in [0, 0.05) is 6.04 Å². The van der Waals surface area contributed by atoms with Gasteiger partial charge < -0.3 is 10.1 Å². The van der Waals surface area contributed by atoms with E-state index in [0.29, 0.717) is 16.6 Å². The molecule has 21 heavy (non-hydrogen) atoms. The summed E-state index contributed by atoms with van der Waals surface area (Å²) >= 11 is 3.15. The van der Waals surface area contributed by atoms with E-state index in [2.05, 4.69) is 21.2 Å². The van der Waals surface area contributed by atoms with Crippen LogP contribution in [0, 0.1) is 5.82 Å². The number of amides is 1. The number of rotatable bonds is 4. The summed E-state index contributed by atoms with van der Waals surface area (Å²) in [5.74, 6) is -0.406. The first kappa shape index (κ1) is 16.2. The largest absolute Gasteiger partial charge is 0.480 e. The summed E-state index contributed by atoms with van der Waals surface area (Å²) in [5, 5.41) is 2.65. The molecule has 0 spiro atoms. The quantitative estimate of drug-likeness (QED) is 0.863. The van der Waals surface area contributed by atoms with Gasteiger partial charge >= 0.3 is 0 Å². The van der Waals surface area contributed by atoms with Crippen molar-refractivity contribution < 1.29 is 22.3 Å². The molecule has 0 bridgehead atoms. The maximum Gasteiger partial charge on any atom is 0.261 e. The molecule has 1 aliphatic rings. The SMILES string of the molecule is C[C@H](Oc1ccc(F)cc1Br)C(=O)N[C@@H]1CCS(=O)(=O)C1. The van der Waals surface area contributed by atoms with Crippen LogP contribution in [0.2, 0.25) is 0 Å². The summed E-state index contributed by atoms with van der Waals surface area (Å²) in [4.78, 5) is 12.0. The Hall–Kier alpha value is -1.15. The van der Waals surface area contributed by atoms with Crippen LogP contribution < -0.4 is 10.1 Å². The summed E-state index contributed by atoms with van der Waals surface area (Å²) in [7, 11) is -3.04. The maximum absolute atomic E-state index is 13.0. The van der Waals surface area contributed by atoms with E-state index in [1.807, 2.05) is 0 Å². The van der Waals surface area contributed by atoms with E-state index < -0.39 is 27.7 Å². The van der Waals surface area contributed by atoms with Gasteiger partial charge in [0.25, 0.3) is 5.91 Å². The molecule has 1 fully saturated rings. The van der Waals surface area contributed by atoms with Gasteiger partial charge in [0.1, 0.15) is 11.6 Å². The summed E-state index contributed by atoms with van der Waals surface area (Å²) in [6.07, 6.45) is -0.392. The predicted molar refractivity (Wildman–Crippen MR) is 79.4 cm³/mol. The fourth-order valence-corrected chi connectivity index (χ4v) is 4.16. The first-order valence-electron chi connectivity index (χ1n) is 6.39. The third kappa shape index (κ3) is 4.41. The fraction of sp³-hybridized carbons (Fsp3) is 0.462. The van der Waals surface area contributed by atoms with Crippen LogP contribution in [0.25, 0.3) is 0 Å². The molecule has 0 aromatic heterocycles. The van der Waals surface area contributed by atoms with Crippen molar-refractivity contribution in [2.24, 2.45) is 0 Å². The lowest BCUT2D eigenvalue weighted by Crippen LogP contribution is -2.43. The molecular formula is C13H15BrFNO4S. The third-order valence-corrected chi connectivity index (χ3v) is 5.53. The Morgan fingerprint density at radius 1 is 1.52 bits per heavy atom. The Morgan fingerprint density at radius 3 is 2.81 bits per heavy atom. The van der Waals surface area contributed by atoms with Crippen LogP contribution in [-0.4, -0.2) is 38.0 Å². The Kier molecular flexibility index (Phi) is 4.88. The van der Waals surface area contributed by atoms with E-state index in [9.17, 15) is 17.6 Å². The Labute approximate surface area is 130 Å². The normalized spacial score (nSPS) is 21.8. The smallest absolute Gasteiger partial charge is 0.261 e. The highest BCUT2D eigenvalue weighted by molar-refractivity contribution is 9.10. The number of nitrogens with one attached hydrogen (secondary N) is 1. The van der Waals surface area contributed by atoms with Gasteiger partial charge in [-0.3, -0.25) is 4.79 Å². The number of benzene rings is 1. The van der Waals surface area contributed by atoms with E-state index in [1.54, 1.807) is 6.92 Å². The molecule has 8 heteroatoms. The Morgan fingerprint density at radius 2 is 2.24 bits per heavy atom. The molecule has 1 saturated heterocycles. The van der Waals surface area contributed by atoms with Crippen LogP contribution in [0.4, 0.5) is 4.39 Å². The van der Waals surface area contributed by atoms with Crippen LogP contribution in [0.5, 0.6) is 5.75 Å². The molecule has 1 aliphatic heterocycles. The van der Waals surface area contributed by atoms with Crippen molar-refractivity contribution in [1.82, 2.24) is 5.32 Å². The highest BCUT2D eigenvalue weighted by atomic mass is 79.9. The van der Waals surface area contributed by atoms with Crippen molar-refractivity contribution in [3.05, 3.63) is 28.5 Å². The highest BCUT2D eigenvalue weighted by Crippen LogP contribution is 2.26. The first-order valence-corrected chi connectivity index (χ1v) is 9.01. The van der Waals surface area contributed by atoms with Crippen LogP contribution >= 0.6 is 15.9 Å².